The van der Waals surface area contributed by atoms with Gasteiger partial charge in [0.25, 0.3) is 0 Å². The molecule has 0 radical (unpaired) electrons. The van der Waals surface area contributed by atoms with Gasteiger partial charge in [-0.25, -0.2) is 15.0 Å². The minimum Gasteiger partial charge on any atom is -0.507 e. The Morgan fingerprint density at radius 1 is 1.15 bits per heavy atom. The molecule has 102 valence electrons. The van der Waals surface area contributed by atoms with Gasteiger partial charge in [-0.3, -0.25) is 0 Å². The molecular formula is C12H10ClN5O2. The van der Waals surface area contributed by atoms with Gasteiger partial charge in [-0.1, -0.05) is 11.6 Å². The Balaban J connectivity index is 1.89. The second kappa shape index (κ2) is 4.86. The molecule has 20 heavy (non-hydrogen) atoms. The van der Waals surface area contributed by atoms with Crippen molar-refractivity contribution in [1.82, 2.24) is 19.9 Å². The molecule has 0 spiro atoms. The quantitative estimate of drug-likeness (QED) is 0.588. The van der Waals surface area contributed by atoms with E-state index >= 15 is 0 Å². The molecule has 0 saturated heterocycles. The van der Waals surface area contributed by atoms with Gasteiger partial charge in [-0.15, -0.1) is 0 Å². The highest BCUT2D eigenvalue weighted by molar-refractivity contribution is 6.30. The number of imidazole rings is 1. The van der Waals surface area contributed by atoms with E-state index in [9.17, 15) is 10.2 Å². The number of anilines is 1. The minimum absolute atomic E-state index is 0.0881. The highest BCUT2D eigenvalue weighted by Gasteiger charge is 2.11. The monoisotopic (exact) mass is 291 g/mol. The van der Waals surface area contributed by atoms with Crippen LogP contribution in [0.25, 0.3) is 11.2 Å². The number of aromatic hydroxyl groups is 2. The summed E-state index contributed by atoms with van der Waals surface area (Å²) in [6.07, 6.45) is 2.91. The predicted octanol–water partition coefficient (Wildman–Crippen LogP) is 2.03. The van der Waals surface area contributed by atoms with Gasteiger partial charge < -0.3 is 20.5 Å². The van der Waals surface area contributed by atoms with Crippen molar-refractivity contribution in [1.29, 1.82) is 0 Å². The lowest BCUT2D eigenvalue weighted by Crippen LogP contribution is -2.03. The fourth-order valence-corrected chi connectivity index (χ4v) is 2.06. The third-order valence-electron chi connectivity index (χ3n) is 2.82. The topological polar surface area (TPSA) is 107 Å². The maximum absolute atomic E-state index is 9.78. The summed E-state index contributed by atoms with van der Waals surface area (Å²) in [7, 11) is 0. The summed E-state index contributed by atoms with van der Waals surface area (Å²) in [5.74, 6) is 0.328. The van der Waals surface area contributed by atoms with E-state index in [1.807, 2.05) is 0 Å². The number of phenolic OH excluding ortho intramolecular Hbond substituents is 2. The van der Waals surface area contributed by atoms with Crippen LogP contribution in [0.5, 0.6) is 11.5 Å². The van der Waals surface area contributed by atoms with Crippen LogP contribution in [0.1, 0.15) is 5.56 Å². The van der Waals surface area contributed by atoms with Crippen LogP contribution in [0.4, 0.5) is 5.82 Å². The van der Waals surface area contributed by atoms with Crippen molar-refractivity contribution in [2.24, 2.45) is 0 Å². The second-order valence-corrected chi connectivity index (χ2v) is 4.53. The Morgan fingerprint density at radius 3 is 2.65 bits per heavy atom. The van der Waals surface area contributed by atoms with Crippen LogP contribution in [-0.2, 0) is 6.54 Å². The molecule has 4 N–H and O–H groups in total. The lowest BCUT2D eigenvalue weighted by atomic mass is 10.1. The Morgan fingerprint density at radius 2 is 1.90 bits per heavy atom. The van der Waals surface area contributed by atoms with E-state index in [4.69, 9.17) is 11.6 Å². The molecule has 0 aliphatic rings. The van der Waals surface area contributed by atoms with Crippen LogP contribution in [0, 0.1) is 0 Å². The van der Waals surface area contributed by atoms with Gasteiger partial charge in [0.05, 0.1) is 11.9 Å². The van der Waals surface area contributed by atoms with E-state index in [0.717, 1.165) is 0 Å². The molecule has 0 saturated carbocycles. The summed E-state index contributed by atoms with van der Waals surface area (Å²) < 4.78 is 0. The SMILES string of the molecule is Oc1cc(Cl)cc(O)c1CNc1ncnc2[nH]cnc12. The number of hydrogen-bond donors (Lipinski definition) is 4. The Hall–Kier alpha value is -2.54. The van der Waals surface area contributed by atoms with Crippen molar-refractivity contribution in [3.05, 3.63) is 35.4 Å². The number of benzene rings is 1. The highest BCUT2D eigenvalue weighted by Crippen LogP contribution is 2.31. The van der Waals surface area contributed by atoms with E-state index in [1.165, 1.54) is 24.8 Å². The number of halogens is 1. The summed E-state index contributed by atoms with van der Waals surface area (Å²) in [6, 6.07) is 2.73. The molecule has 8 heteroatoms. The van der Waals surface area contributed by atoms with Gasteiger partial charge in [0.15, 0.2) is 11.5 Å². The van der Waals surface area contributed by atoms with Gasteiger partial charge in [0.1, 0.15) is 23.3 Å². The fourth-order valence-electron chi connectivity index (χ4n) is 1.86. The molecule has 0 fully saturated rings. The van der Waals surface area contributed by atoms with Crippen LogP contribution < -0.4 is 5.32 Å². The molecule has 0 amide bonds. The van der Waals surface area contributed by atoms with E-state index in [2.05, 4.69) is 25.3 Å². The summed E-state index contributed by atoms with van der Waals surface area (Å²) in [5, 5.41) is 22.8. The molecule has 0 aliphatic carbocycles. The highest BCUT2D eigenvalue weighted by atomic mass is 35.5. The smallest absolute Gasteiger partial charge is 0.162 e. The standard InChI is InChI=1S/C12H10ClN5O2/c13-6-1-8(19)7(9(20)2-6)3-14-11-10-12(16-4-15-10)18-5-17-11/h1-2,4-5,19-20H,3H2,(H2,14,15,16,17,18). The van der Waals surface area contributed by atoms with E-state index in [0.29, 0.717) is 22.5 Å². The second-order valence-electron chi connectivity index (χ2n) is 4.10. The zero-order chi connectivity index (χ0) is 14.1. The van der Waals surface area contributed by atoms with Crippen LogP contribution >= 0.6 is 11.6 Å². The maximum atomic E-state index is 9.78. The van der Waals surface area contributed by atoms with E-state index in [-0.39, 0.29) is 23.1 Å². The third kappa shape index (κ3) is 2.19. The van der Waals surface area contributed by atoms with Crippen LogP contribution in [0.15, 0.2) is 24.8 Å². The molecular weight excluding hydrogens is 282 g/mol. The summed E-state index contributed by atoms with van der Waals surface area (Å²) in [5.41, 5.74) is 1.52. The van der Waals surface area contributed by atoms with Crippen molar-refractivity contribution in [3.63, 3.8) is 0 Å². The summed E-state index contributed by atoms with van der Waals surface area (Å²) >= 11 is 5.73. The van der Waals surface area contributed by atoms with Crippen LogP contribution in [0.3, 0.4) is 0 Å². The predicted molar refractivity (Wildman–Crippen MR) is 73.8 cm³/mol. The minimum atomic E-state index is -0.0881. The van der Waals surface area contributed by atoms with Gasteiger partial charge in [0, 0.05) is 11.6 Å². The number of aromatic amines is 1. The molecule has 0 aliphatic heterocycles. The molecule has 7 nitrogen and oxygen atoms in total. The molecule has 0 atom stereocenters. The van der Waals surface area contributed by atoms with Crippen molar-refractivity contribution in [2.75, 3.05) is 5.32 Å². The number of H-pyrrole nitrogens is 1. The number of fused-ring (bicyclic) bond motifs is 1. The van der Waals surface area contributed by atoms with Crippen LogP contribution in [-0.4, -0.2) is 30.1 Å². The van der Waals surface area contributed by atoms with Crippen molar-refractivity contribution in [2.45, 2.75) is 6.54 Å². The lowest BCUT2D eigenvalue weighted by Gasteiger charge is -2.10. The molecule has 3 aromatic rings. The molecule has 3 rings (SSSR count). The average molecular weight is 292 g/mol. The van der Waals surface area contributed by atoms with Crippen molar-refractivity contribution < 1.29 is 10.2 Å². The Labute approximate surface area is 118 Å². The number of phenols is 2. The zero-order valence-corrected chi connectivity index (χ0v) is 10.9. The zero-order valence-electron chi connectivity index (χ0n) is 10.1. The van der Waals surface area contributed by atoms with Gasteiger partial charge in [-0.05, 0) is 12.1 Å². The number of nitrogens with zero attached hydrogens (tertiary/aromatic N) is 3. The first-order valence-corrected chi connectivity index (χ1v) is 6.11. The van der Waals surface area contributed by atoms with Crippen molar-refractivity contribution in [3.8, 4) is 11.5 Å². The molecule has 2 heterocycles. The Bertz CT molecular complexity index is 750. The first kappa shape index (κ1) is 12.5. The molecule has 0 unspecified atom stereocenters. The molecule has 2 aromatic heterocycles. The van der Waals surface area contributed by atoms with Crippen LogP contribution in [0.2, 0.25) is 5.02 Å². The van der Waals surface area contributed by atoms with Gasteiger partial charge in [-0.2, -0.15) is 0 Å². The third-order valence-corrected chi connectivity index (χ3v) is 3.04. The van der Waals surface area contributed by atoms with Crippen molar-refractivity contribution >= 4 is 28.6 Å². The number of aromatic nitrogens is 4. The number of rotatable bonds is 3. The van der Waals surface area contributed by atoms with E-state index in [1.54, 1.807) is 0 Å². The molecule has 1 aromatic carbocycles. The first-order chi connectivity index (χ1) is 9.65. The molecule has 0 bridgehead atoms. The van der Waals surface area contributed by atoms with Gasteiger partial charge in [0.2, 0.25) is 0 Å². The normalized spacial score (nSPS) is 10.8. The average Bonchev–Trinajstić information content (AvgIpc) is 2.86. The fraction of sp³-hybridized carbons (Fsp3) is 0.0833. The lowest BCUT2D eigenvalue weighted by molar-refractivity contribution is 0.440. The largest absolute Gasteiger partial charge is 0.507 e. The number of nitrogens with one attached hydrogen (secondary N) is 2. The number of hydrogen-bond acceptors (Lipinski definition) is 6. The summed E-state index contributed by atoms with van der Waals surface area (Å²) in [6.45, 7) is 0.174. The maximum Gasteiger partial charge on any atom is 0.162 e. The first-order valence-electron chi connectivity index (χ1n) is 5.73. The van der Waals surface area contributed by atoms with E-state index < -0.39 is 0 Å². The summed E-state index contributed by atoms with van der Waals surface area (Å²) in [4.78, 5) is 15.1. The Kier molecular flexibility index (Phi) is 3.03. The van der Waals surface area contributed by atoms with Gasteiger partial charge >= 0.3 is 0 Å².